The van der Waals surface area contributed by atoms with Gasteiger partial charge in [0, 0.05) is 22.9 Å². The molecule has 0 saturated heterocycles. The van der Waals surface area contributed by atoms with E-state index in [4.69, 9.17) is 0 Å². The fourth-order valence-corrected chi connectivity index (χ4v) is 10.2. The second kappa shape index (κ2) is 11.3. The van der Waals surface area contributed by atoms with Crippen LogP contribution in [-0.4, -0.2) is 6.71 Å². The van der Waals surface area contributed by atoms with Crippen molar-refractivity contribution < 1.29 is 0 Å². The van der Waals surface area contributed by atoms with Crippen LogP contribution in [0.4, 0.5) is 17.1 Å². The zero-order valence-electron chi connectivity index (χ0n) is 32.4. The summed E-state index contributed by atoms with van der Waals surface area (Å²) in [6.45, 7) is 21.7. The Kier molecular flexibility index (Phi) is 7.21. The minimum Gasteiger partial charge on any atom is -0.311 e. The van der Waals surface area contributed by atoms with Gasteiger partial charge in [0.15, 0.2) is 0 Å². The highest BCUT2D eigenvalue weighted by molar-refractivity contribution is 6.99. The van der Waals surface area contributed by atoms with Crippen LogP contribution in [-0.2, 0) is 16.2 Å². The number of anilines is 3. The molecule has 0 spiro atoms. The number of rotatable bonds is 3. The zero-order chi connectivity index (χ0) is 36.3. The molecule has 0 bridgehead atoms. The minimum atomic E-state index is 0.0314. The van der Waals surface area contributed by atoms with Crippen LogP contribution in [0.25, 0.3) is 22.3 Å². The lowest BCUT2D eigenvalue weighted by Crippen LogP contribution is -2.62. The maximum atomic E-state index is 2.66. The smallest absolute Gasteiger partial charge is 0.247 e. The average molecular weight is 676 g/mol. The van der Waals surface area contributed by atoms with E-state index in [1.165, 1.54) is 89.1 Å². The number of hydrogen-bond donors (Lipinski definition) is 0. The molecule has 0 aromatic heterocycles. The molecule has 2 heterocycles. The molecular formula is C50H50BN. The summed E-state index contributed by atoms with van der Waals surface area (Å²) in [6.07, 6.45) is 1.14. The third-order valence-electron chi connectivity index (χ3n) is 12.6. The maximum absolute atomic E-state index is 2.66. The van der Waals surface area contributed by atoms with Crippen molar-refractivity contribution in [2.75, 3.05) is 4.90 Å². The van der Waals surface area contributed by atoms with Crippen molar-refractivity contribution in [2.45, 2.75) is 90.9 Å². The largest absolute Gasteiger partial charge is 0.311 e. The van der Waals surface area contributed by atoms with E-state index in [1.807, 2.05) is 0 Å². The molecule has 1 nitrogen and oxygen atoms in total. The highest BCUT2D eigenvalue weighted by Gasteiger charge is 2.47. The van der Waals surface area contributed by atoms with E-state index in [0.29, 0.717) is 0 Å². The summed E-state index contributed by atoms with van der Waals surface area (Å²) in [4.78, 5) is 2.66. The summed E-state index contributed by atoms with van der Waals surface area (Å²) in [5.74, 6) is 0.272. The molecule has 258 valence electrons. The van der Waals surface area contributed by atoms with E-state index < -0.39 is 0 Å². The monoisotopic (exact) mass is 675 g/mol. The standard InChI is InChI=1S/C50H50BN/c1-31-24-38-32(2)37-26-35(33-16-12-10-13-17-33)20-22-42(37)51-43-28-40-41(50(8,9)30-49(40,6)7)29-45(43)52(46(25-31)47(38)51)44-23-21-36(48(3,4)5)27-39(44)34-18-14-11-15-19-34/h10-29,32H,30H2,1-9H3. The maximum Gasteiger partial charge on any atom is 0.247 e. The molecule has 2 aliphatic heterocycles. The Morgan fingerprint density at radius 1 is 0.596 bits per heavy atom. The lowest BCUT2D eigenvalue weighted by Gasteiger charge is -2.44. The van der Waals surface area contributed by atoms with Crippen molar-refractivity contribution in [3.8, 4) is 22.3 Å². The summed E-state index contributed by atoms with van der Waals surface area (Å²) in [5.41, 5.74) is 22.2. The lowest BCUT2D eigenvalue weighted by atomic mass is 9.31. The lowest BCUT2D eigenvalue weighted by molar-refractivity contribution is 0.403. The third kappa shape index (κ3) is 4.97. The molecule has 2 heteroatoms. The highest BCUT2D eigenvalue weighted by Crippen LogP contribution is 2.53. The molecule has 9 rings (SSSR count). The number of hydrogen-bond acceptors (Lipinski definition) is 1. The van der Waals surface area contributed by atoms with Crippen LogP contribution >= 0.6 is 0 Å². The summed E-state index contributed by atoms with van der Waals surface area (Å²) >= 11 is 0. The first-order chi connectivity index (χ1) is 24.7. The van der Waals surface area contributed by atoms with E-state index in [1.54, 1.807) is 0 Å². The number of nitrogens with zero attached hydrogens (tertiary/aromatic N) is 1. The zero-order valence-corrected chi connectivity index (χ0v) is 32.4. The third-order valence-corrected chi connectivity index (χ3v) is 12.6. The van der Waals surface area contributed by atoms with Crippen LogP contribution in [0.5, 0.6) is 0 Å². The van der Waals surface area contributed by atoms with Gasteiger partial charge in [-0.1, -0.05) is 158 Å². The summed E-state index contributed by atoms with van der Waals surface area (Å²) in [5, 5.41) is 0. The normalized spacial score (nSPS) is 17.7. The molecule has 52 heavy (non-hydrogen) atoms. The second-order valence-corrected chi connectivity index (χ2v) is 18.2. The number of fused-ring (bicyclic) bond motifs is 5. The van der Waals surface area contributed by atoms with Gasteiger partial charge in [-0.25, -0.2) is 0 Å². The van der Waals surface area contributed by atoms with Gasteiger partial charge in [-0.05, 0) is 115 Å². The molecule has 0 saturated carbocycles. The van der Waals surface area contributed by atoms with Crippen LogP contribution in [0.15, 0.2) is 121 Å². The molecule has 1 unspecified atom stereocenters. The van der Waals surface area contributed by atoms with Crippen LogP contribution < -0.4 is 21.3 Å². The van der Waals surface area contributed by atoms with E-state index in [-0.39, 0.29) is 28.9 Å². The van der Waals surface area contributed by atoms with Gasteiger partial charge in [0.25, 0.3) is 0 Å². The number of benzene rings is 6. The summed E-state index contributed by atoms with van der Waals surface area (Å²) in [6, 6.07) is 46.7. The van der Waals surface area contributed by atoms with Crippen LogP contribution in [0.1, 0.15) is 101 Å². The van der Waals surface area contributed by atoms with Gasteiger partial charge in [0.2, 0.25) is 6.71 Å². The SMILES string of the molecule is Cc1cc2c3c(c1)N(c1ccc(C(C)(C)C)cc1-c1ccccc1)c1cc4c(cc1B3c1ccc(-c3ccccc3)cc1C2C)C(C)(C)CC4(C)C. The van der Waals surface area contributed by atoms with Gasteiger partial charge in [0.05, 0.1) is 5.69 Å². The predicted molar refractivity (Wildman–Crippen MR) is 225 cm³/mol. The van der Waals surface area contributed by atoms with Gasteiger partial charge < -0.3 is 4.90 Å². The van der Waals surface area contributed by atoms with E-state index in [2.05, 4.69) is 189 Å². The van der Waals surface area contributed by atoms with E-state index >= 15 is 0 Å². The molecule has 0 amide bonds. The quantitative estimate of drug-likeness (QED) is 0.169. The Balaban J connectivity index is 1.37. The molecule has 1 aliphatic carbocycles. The summed E-state index contributed by atoms with van der Waals surface area (Å²) in [7, 11) is 0. The van der Waals surface area contributed by atoms with E-state index in [9.17, 15) is 0 Å². The fraction of sp³-hybridized carbons (Fsp3) is 0.280. The molecular weight excluding hydrogens is 625 g/mol. The fourth-order valence-electron chi connectivity index (χ4n) is 10.2. The van der Waals surface area contributed by atoms with Crippen molar-refractivity contribution in [1.29, 1.82) is 0 Å². The van der Waals surface area contributed by atoms with Crippen molar-refractivity contribution in [3.05, 3.63) is 155 Å². The highest BCUT2D eigenvalue weighted by atomic mass is 15.2. The Morgan fingerprint density at radius 2 is 1.25 bits per heavy atom. The Morgan fingerprint density at radius 3 is 1.92 bits per heavy atom. The topological polar surface area (TPSA) is 3.24 Å². The van der Waals surface area contributed by atoms with Crippen LogP contribution in [0.3, 0.4) is 0 Å². The average Bonchev–Trinajstić information content (AvgIpc) is 3.30. The van der Waals surface area contributed by atoms with Gasteiger partial charge >= 0.3 is 0 Å². The van der Waals surface area contributed by atoms with Crippen molar-refractivity contribution >= 4 is 40.2 Å². The molecule has 3 aliphatic rings. The Labute approximate surface area is 311 Å². The van der Waals surface area contributed by atoms with Gasteiger partial charge in [-0.3, -0.25) is 0 Å². The predicted octanol–water partition coefficient (Wildman–Crippen LogP) is 11.4. The first-order valence-electron chi connectivity index (χ1n) is 19.3. The molecule has 6 aromatic carbocycles. The van der Waals surface area contributed by atoms with Crippen molar-refractivity contribution in [2.24, 2.45) is 0 Å². The summed E-state index contributed by atoms with van der Waals surface area (Å²) < 4.78 is 0. The molecule has 6 aromatic rings. The van der Waals surface area contributed by atoms with Crippen molar-refractivity contribution in [1.82, 2.24) is 0 Å². The molecule has 1 atom stereocenters. The first kappa shape index (κ1) is 33.0. The van der Waals surface area contributed by atoms with Gasteiger partial charge in [0.1, 0.15) is 0 Å². The second-order valence-electron chi connectivity index (χ2n) is 18.2. The molecule has 0 fully saturated rings. The number of aryl methyl sites for hydroxylation is 1. The van der Waals surface area contributed by atoms with Crippen LogP contribution in [0.2, 0.25) is 0 Å². The molecule has 0 N–H and O–H groups in total. The van der Waals surface area contributed by atoms with Crippen LogP contribution in [0, 0.1) is 6.92 Å². The first-order valence-corrected chi connectivity index (χ1v) is 19.3. The van der Waals surface area contributed by atoms with E-state index in [0.717, 1.165) is 6.42 Å². The van der Waals surface area contributed by atoms with Gasteiger partial charge in [-0.2, -0.15) is 0 Å². The minimum absolute atomic E-state index is 0.0314. The van der Waals surface area contributed by atoms with Crippen molar-refractivity contribution in [3.63, 3.8) is 0 Å². The Hall–Kier alpha value is -4.82. The Bertz CT molecular complexity index is 2390. The van der Waals surface area contributed by atoms with Gasteiger partial charge in [-0.15, -0.1) is 0 Å². The molecule has 0 radical (unpaired) electrons.